The van der Waals surface area contributed by atoms with Gasteiger partial charge in [0, 0.05) is 10.1 Å². The second-order valence-corrected chi connectivity index (χ2v) is 5.35. The highest BCUT2D eigenvalue weighted by molar-refractivity contribution is 8.00. The van der Waals surface area contributed by atoms with Crippen molar-refractivity contribution in [1.29, 1.82) is 0 Å². The molecule has 1 aliphatic carbocycles. The zero-order valence-corrected chi connectivity index (χ0v) is 9.88. The Hall–Kier alpha value is -0.690. The SMILES string of the molecule is C1=C\C(Sc2ccccc2)CCCCC/1. The number of allylic oxidation sites excluding steroid dienone is 1. The lowest BCUT2D eigenvalue weighted by atomic mass is 10.1. The van der Waals surface area contributed by atoms with Crippen LogP contribution < -0.4 is 0 Å². The van der Waals surface area contributed by atoms with Gasteiger partial charge in [-0.2, -0.15) is 0 Å². The highest BCUT2D eigenvalue weighted by atomic mass is 32.2. The molecule has 1 atom stereocenters. The molecule has 15 heavy (non-hydrogen) atoms. The van der Waals surface area contributed by atoms with Crippen LogP contribution in [0.15, 0.2) is 47.4 Å². The molecule has 2 rings (SSSR count). The first-order valence-electron chi connectivity index (χ1n) is 5.83. The van der Waals surface area contributed by atoms with Crippen molar-refractivity contribution < 1.29 is 0 Å². The molecule has 0 aromatic heterocycles. The summed E-state index contributed by atoms with van der Waals surface area (Å²) in [6.45, 7) is 0. The van der Waals surface area contributed by atoms with Crippen LogP contribution in [0.3, 0.4) is 0 Å². The Bertz CT molecular complexity index is 302. The minimum atomic E-state index is 0.688. The van der Waals surface area contributed by atoms with Crippen LogP contribution in [0, 0.1) is 0 Å². The molecule has 0 fully saturated rings. The number of hydrogen-bond donors (Lipinski definition) is 0. The monoisotopic (exact) mass is 218 g/mol. The molecule has 0 amide bonds. The third-order valence-corrected chi connectivity index (χ3v) is 3.98. The van der Waals surface area contributed by atoms with Crippen molar-refractivity contribution in [2.45, 2.75) is 42.2 Å². The normalized spacial score (nSPS) is 24.1. The summed E-state index contributed by atoms with van der Waals surface area (Å²) in [5.74, 6) is 0. The van der Waals surface area contributed by atoms with Gasteiger partial charge in [0.05, 0.1) is 0 Å². The Morgan fingerprint density at radius 2 is 1.87 bits per heavy atom. The van der Waals surface area contributed by atoms with Crippen molar-refractivity contribution in [2.75, 3.05) is 0 Å². The molecule has 0 heterocycles. The van der Waals surface area contributed by atoms with Gasteiger partial charge in [-0.05, 0) is 31.4 Å². The molecule has 0 aliphatic heterocycles. The lowest BCUT2D eigenvalue weighted by Crippen LogP contribution is -2.00. The van der Waals surface area contributed by atoms with Crippen LogP contribution >= 0.6 is 11.8 Å². The molecule has 0 nitrogen and oxygen atoms in total. The summed E-state index contributed by atoms with van der Waals surface area (Å²) in [7, 11) is 0. The molecule has 1 aromatic rings. The zero-order valence-electron chi connectivity index (χ0n) is 9.06. The van der Waals surface area contributed by atoms with Gasteiger partial charge < -0.3 is 0 Å². The Morgan fingerprint density at radius 3 is 2.73 bits per heavy atom. The van der Waals surface area contributed by atoms with Crippen molar-refractivity contribution in [1.82, 2.24) is 0 Å². The van der Waals surface area contributed by atoms with E-state index in [1.54, 1.807) is 0 Å². The molecule has 80 valence electrons. The predicted molar refractivity (Wildman–Crippen MR) is 68.3 cm³/mol. The molecule has 0 radical (unpaired) electrons. The van der Waals surface area contributed by atoms with Crippen LogP contribution in [0.1, 0.15) is 32.1 Å². The molecule has 1 aromatic carbocycles. The van der Waals surface area contributed by atoms with E-state index in [9.17, 15) is 0 Å². The Balaban J connectivity index is 1.95. The van der Waals surface area contributed by atoms with E-state index in [0.717, 1.165) is 0 Å². The maximum Gasteiger partial charge on any atom is 0.0274 e. The Labute approximate surface area is 96.8 Å². The first-order valence-corrected chi connectivity index (χ1v) is 6.71. The number of thioether (sulfide) groups is 1. The molecule has 1 heteroatoms. The fourth-order valence-corrected chi connectivity index (χ4v) is 3.04. The summed E-state index contributed by atoms with van der Waals surface area (Å²) in [6.07, 6.45) is 11.5. The summed E-state index contributed by atoms with van der Waals surface area (Å²) in [5, 5.41) is 0.688. The van der Waals surface area contributed by atoms with Gasteiger partial charge in [0.2, 0.25) is 0 Å². The standard InChI is InChI=1S/C14H18S/c1-2-5-9-13(10-6-3-1)15-14-11-7-4-8-12-14/h4-5,7-9,11-13H,1-3,6,10H2/b9-5-. The maximum atomic E-state index is 2.40. The van der Waals surface area contributed by atoms with Crippen LogP contribution in [-0.2, 0) is 0 Å². The fraction of sp³-hybridized carbons (Fsp3) is 0.429. The molecule has 0 N–H and O–H groups in total. The average molecular weight is 218 g/mol. The quantitative estimate of drug-likeness (QED) is 0.650. The second kappa shape index (κ2) is 6.02. The predicted octanol–water partition coefficient (Wildman–Crippen LogP) is 4.67. The summed E-state index contributed by atoms with van der Waals surface area (Å²) in [4.78, 5) is 1.40. The van der Waals surface area contributed by atoms with Gasteiger partial charge in [-0.1, -0.05) is 43.2 Å². The Kier molecular flexibility index (Phi) is 4.34. The average Bonchev–Trinajstić information content (AvgIpc) is 2.23. The van der Waals surface area contributed by atoms with Crippen molar-refractivity contribution >= 4 is 11.8 Å². The lowest BCUT2D eigenvalue weighted by molar-refractivity contribution is 0.643. The topological polar surface area (TPSA) is 0 Å². The van der Waals surface area contributed by atoms with Crippen LogP contribution in [0.2, 0.25) is 0 Å². The van der Waals surface area contributed by atoms with Crippen LogP contribution in [-0.4, -0.2) is 5.25 Å². The van der Waals surface area contributed by atoms with Gasteiger partial charge in [0.25, 0.3) is 0 Å². The Morgan fingerprint density at radius 1 is 1.00 bits per heavy atom. The molecule has 0 saturated carbocycles. The van der Waals surface area contributed by atoms with Crippen LogP contribution in [0.25, 0.3) is 0 Å². The smallest absolute Gasteiger partial charge is 0.0274 e. The van der Waals surface area contributed by atoms with E-state index in [2.05, 4.69) is 42.5 Å². The van der Waals surface area contributed by atoms with Gasteiger partial charge in [0.1, 0.15) is 0 Å². The van der Waals surface area contributed by atoms with Gasteiger partial charge >= 0.3 is 0 Å². The van der Waals surface area contributed by atoms with Crippen molar-refractivity contribution in [3.63, 3.8) is 0 Å². The summed E-state index contributed by atoms with van der Waals surface area (Å²) in [5.41, 5.74) is 0. The van der Waals surface area contributed by atoms with Gasteiger partial charge in [0.15, 0.2) is 0 Å². The van der Waals surface area contributed by atoms with Crippen LogP contribution in [0.5, 0.6) is 0 Å². The van der Waals surface area contributed by atoms with Crippen LogP contribution in [0.4, 0.5) is 0 Å². The maximum absolute atomic E-state index is 2.40. The van der Waals surface area contributed by atoms with Crippen molar-refractivity contribution in [3.8, 4) is 0 Å². The second-order valence-electron chi connectivity index (χ2n) is 4.04. The number of hydrogen-bond acceptors (Lipinski definition) is 1. The van der Waals surface area contributed by atoms with E-state index < -0.39 is 0 Å². The number of rotatable bonds is 2. The minimum absolute atomic E-state index is 0.688. The summed E-state index contributed by atoms with van der Waals surface area (Å²) >= 11 is 2.00. The molecule has 0 spiro atoms. The van der Waals surface area contributed by atoms with Crippen molar-refractivity contribution in [2.24, 2.45) is 0 Å². The van der Waals surface area contributed by atoms with Gasteiger partial charge in [-0.15, -0.1) is 11.8 Å². The molecule has 1 aliphatic rings. The zero-order chi connectivity index (χ0) is 10.3. The molecule has 0 bridgehead atoms. The van der Waals surface area contributed by atoms with E-state index in [1.165, 1.54) is 37.0 Å². The minimum Gasteiger partial charge on any atom is -0.119 e. The van der Waals surface area contributed by atoms with E-state index in [0.29, 0.717) is 5.25 Å². The molecular formula is C14H18S. The first kappa shape index (κ1) is 10.8. The highest BCUT2D eigenvalue weighted by Crippen LogP contribution is 2.28. The van der Waals surface area contributed by atoms with E-state index in [-0.39, 0.29) is 0 Å². The van der Waals surface area contributed by atoms with E-state index in [4.69, 9.17) is 0 Å². The molecular weight excluding hydrogens is 200 g/mol. The number of benzene rings is 1. The van der Waals surface area contributed by atoms with Crippen molar-refractivity contribution in [3.05, 3.63) is 42.5 Å². The first-order chi connectivity index (χ1) is 7.45. The third-order valence-electron chi connectivity index (χ3n) is 2.74. The molecule has 1 unspecified atom stereocenters. The van der Waals surface area contributed by atoms with Gasteiger partial charge in [-0.3, -0.25) is 0 Å². The van der Waals surface area contributed by atoms with E-state index in [1.807, 2.05) is 11.8 Å². The van der Waals surface area contributed by atoms with E-state index >= 15 is 0 Å². The highest BCUT2D eigenvalue weighted by Gasteiger charge is 2.07. The third kappa shape index (κ3) is 3.75. The largest absolute Gasteiger partial charge is 0.119 e. The lowest BCUT2D eigenvalue weighted by Gasteiger charge is -2.14. The van der Waals surface area contributed by atoms with Gasteiger partial charge in [-0.25, -0.2) is 0 Å². The summed E-state index contributed by atoms with van der Waals surface area (Å²) in [6, 6.07) is 10.7. The molecule has 0 saturated heterocycles. The fourth-order valence-electron chi connectivity index (χ4n) is 1.90. The summed E-state index contributed by atoms with van der Waals surface area (Å²) < 4.78 is 0.